The molecule has 0 aromatic heterocycles. The number of ether oxygens (including phenoxy) is 4. The van der Waals surface area contributed by atoms with Crippen LogP contribution in [0.25, 0.3) is 0 Å². The zero-order chi connectivity index (χ0) is 22.7. The van der Waals surface area contributed by atoms with Gasteiger partial charge in [-0.25, -0.2) is 4.79 Å². The molecule has 0 saturated carbocycles. The van der Waals surface area contributed by atoms with Crippen molar-refractivity contribution in [2.24, 2.45) is 0 Å². The molecule has 1 unspecified atom stereocenters. The molecule has 0 radical (unpaired) electrons. The molecule has 1 atom stereocenters. The number of carbonyl (C=O) groups excluding carboxylic acids is 1. The molecule has 32 heavy (non-hydrogen) atoms. The van der Waals surface area contributed by atoms with Crippen molar-refractivity contribution in [3.05, 3.63) is 94.5 Å². The van der Waals surface area contributed by atoms with E-state index in [1.807, 2.05) is 63.2 Å². The molecule has 166 valence electrons. The normalized spacial score (nSPS) is 14.8. The number of para-hydroxylation sites is 1. The molecule has 1 aliphatic heterocycles. The topological polar surface area (TPSA) is 54.0 Å². The third kappa shape index (κ3) is 4.01. The Hall–Kier alpha value is -3.15. The molecule has 3 aromatic rings. The second-order valence-corrected chi connectivity index (χ2v) is 7.75. The molecule has 1 aliphatic rings. The average molecular weight is 433 g/mol. The standard InChI is InChI=1S/C27H28O5/c1-5-30-27(3,31-6-2)20-15-16-22-24(17-20)32-23-10-8-7-9-21(23)25(22)18-11-13-19(14-12-18)26(28)29-4/h7-17,25H,5-6H2,1-4H3. The Balaban J connectivity index is 1.80. The van der Waals surface area contributed by atoms with Crippen molar-refractivity contribution in [1.29, 1.82) is 0 Å². The molecular formula is C27H28O5. The van der Waals surface area contributed by atoms with Gasteiger partial charge in [0, 0.05) is 35.8 Å². The highest BCUT2D eigenvalue weighted by Crippen LogP contribution is 2.48. The molecule has 3 aromatic carbocycles. The Morgan fingerprint density at radius 2 is 1.56 bits per heavy atom. The Bertz CT molecular complexity index is 1100. The van der Waals surface area contributed by atoms with Crippen LogP contribution < -0.4 is 4.74 Å². The summed E-state index contributed by atoms with van der Waals surface area (Å²) in [6.07, 6.45) is 0. The van der Waals surface area contributed by atoms with Crippen molar-refractivity contribution < 1.29 is 23.7 Å². The monoisotopic (exact) mass is 432 g/mol. The van der Waals surface area contributed by atoms with Gasteiger partial charge >= 0.3 is 5.97 Å². The molecule has 0 spiro atoms. The van der Waals surface area contributed by atoms with Crippen molar-refractivity contribution in [3.8, 4) is 11.5 Å². The zero-order valence-electron chi connectivity index (χ0n) is 18.9. The summed E-state index contributed by atoms with van der Waals surface area (Å²) in [5.41, 5.74) is 4.62. The number of hydrogen-bond donors (Lipinski definition) is 0. The van der Waals surface area contributed by atoms with Gasteiger partial charge in [-0.15, -0.1) is 0 Å². The van der Waals surface area contributed by atoms with E-state index < -0.39 is 5.79 Å². The maximum atomic E-state index is 11.9. The van der Waals surface area contributed by atoms with Crippen LogP contribution in [-0.4, -0.2) is 26.3 Å². The second-order valence-electron chi connectivity index (χ2n) is 7.75. The lowest BCUT2D eigenvalue weighted by Crippen LogP contribution is -2.30. The van der Waals surface area contributed by atoms with E-state index in [1.165, 1.54) is 7.11 Å². The number of fused-ring (bicyclic) bond motifs is 2. The van der Waals surface area contributed by atoms with Gasteiger partial charge in [-0.3, -0.25) is 0 Å². The Labute approximate surface area is 188 Å². The molecule has 0 N–H and O–H groups in total. The quantitative estimate of drug-likeness (QED) is 0.265. The molecule has 0 amide bonds. The number of rotatable bonds is 7. The fraction of sp³-hybridized carbons (Fsp3) is 0.296. The SMILES string of the molecule is CCOC(C)(OCC)c1ccc2c(c1)Oc1ccccc1C2c1ccc(C(=O)OC)cc1. The molecule has 0 saturated heterocycles. The first kappa shape index (κ1) is 22.1. The van der Waals surface area contributed by atoms with E-state index >= 15 is 0 Å². The van der Waals surface area contributed by atoms with Gasteiger partial charge in [0.05, 0.1) is 12.7 Å². The summed E-state index contributed by atoms with van der Waals surface area (Å²) in [4.78, 5) is 11.9. The fourth-order valence-corrected chi connectivity index (χ4v) is 4.29. The van der Waals surface area contributed by atoms with Crippen molar-refractivity contribution in [3.63, 3.8) is 0 Å². The van der Waals surface area contributed by atoms with Crippen molar-refractivity contribution in [2.45, 2.75) is 32.5 Å². The Morgan fingerprint density at radius 3 is 2.22 bits per heavy atom. The summed E-state index contributed by atoms with van der Waals surface area (Å²) < 4.78 is 23.1. The van der Waals surface area contributed by atoms with Crippen LogP contribution in [0.5, 0.6) is 11.5 Å². The summed E-state index contributed by atoms with van der Waals surface area (Å²) in [6.45, 7) is 6.91. The molecule has 0 aliphatic carbocycles. The van der Waals surface area contributed by atoms with E-state index in [0.717, 1.165) is 33.8 Å². The summed E-state index contributed by atoms with van der Waals surface area (Å²) in [5.74, 6) is 0.361. The summed E-state index contributed by atoms with van der Waals surface area (Å²) in [6, 6.07) is 21.7. The van der Waals surface area contributed by atoms with Crippen molar-refractivity contribution in [2.75, 3.05) is 20.3 Å². The van der Waals surface area contributed by atoms with Crippen molar-refractivity contribution >= 4 is 5.97 Å². The number of hydrogen-bond acceptors (Lipinski definition) is 5. The van der Waals surface area contributed by atoms with E-state index in [0.29, 0.717) is 18.8 Å². The first-order chi connectivity index (χ1) is 15.5. The smallest absolute Gasteiger partial charge is 0.337 e. The van der Waals surface area contributed by atoms with Gasteiger partial charge < -0.3 is 18.9 Å². The molecular weight excluding hydrogens is 404 g/mol. The van der Waals surface area contributed by atoms with Gasteiger partial charge in [0.2, 0.25) is 0 Å². The molecule has 5 heteroatoms. The third-order valence-electron chi connectivity index (χ3n) is 5.80. The minimum Gasteiger partial charge on any atom is -0.465 e. The highest BCUT2D eigenvalue weighted by molar-refractivity contribution is 5.89. The van der Waals surface area contributed by atoms with Gasteiger partial charge in [-0.05, 0) is 50.6 Å². The predicted octanol–water partition coefficient (Wildman–Crippen LogP) is 6.00. The van der Waals surface area contributed by atoms with Crippen LogP contribution in [0.1, 0.15) is 59.3 Å². The first-order valence-corrected chi connectivity index (χ1v) is 10.9. The number of benzene rings is 3. The van der Waals surface area contributed by atoms with Crippen molar-refractivity contribution in [1.82, 2.24) is 0 Å². The van der Waals surface area contributed by atoms with Crippen LogP contribution in [0.2, 0.25) is 0 Å². The Morgan fingerprint density at radius 1 is 0.906 bits per heavy atom. The molecule has 4 rings (SSSR count). The van der Waals surface area contributed by atoms with E-state index in [2.05, 4.69) is 12.1 Å². The van der Waals surface area contributed by atoms with Crippen LogP contribution in [0.3, 0.4) is 0 Å². The van der Waals surface area contributed by atoms with Gasteiger partial charge in [-0.2, -0.15) is 0 Å². The molecule has 5 nitrogen and oxygen atoms in total. The van der Waals surface area contributed by atoms with Crippen LogP contribution in [-0.2, 0) is 20.0 Å². The highest BCUT2D eigenvalue weighted by atomic mass is 16.7. The van der Waals surface area contributed by atoms with E-state index in [4.69, 9.17) is 18.9 Å². The van der Waals surface area contributed by atoms with Crippen LogP contribution in [0.15, 0.2) is 66.7 Å². The minimum absolute atomic E-state index is 0.0267. The fourth-order valence-electron chi connectivity index (χ4n) is 4.29. The zero-order valence-corrected chi connectivity index (χ0v) is 18.9. The van der Waals surface area contributed by atoms with E-state index in [1.54, 1.807) is 12.1 Å². The molecule has 0 bridgehead atoms. The van der Waals surface area contributed by atoms with Crippen LogP contribution in [0, 0.1) is 0 Å². The maximum Gasteiger partial charge on any atom is 0.337 e. The largest absolute Gasteiger partial charge is 0.465 e. The minimum atomic E-state index is -0.851. The Kier molecular flexibility index (Phi) is 6.31. The lowest BCUT2D eigenvalue weighted by molar-refractivity contribution is -0.229. The summed E-state index contributed by atoms with van der Waals surface area (Å²) in [7, 11) is 1.39. The van der Waals surface area contributed by atoms with Crippen LogP contribution >= 0.6 is 0 Å². The third-order valence-corrected chi connectivity index (χ3v) is 5.80. The molecule has 0 fully saturated rings. The van der Waals surface area contributed by atoms with Gasteiger partial charge in [-0.1, -0.05) is 42.5 Å². The number of methoxy groups -OCH3 is 1. The highest BCUT2D eigenvalue weighted by Gasteiger charge is 2.33. The summed E-state index contributed by atoms with van der Waals surface area (Å²) in [5, 5.41) is 0. The van der Waals surface area contributed by atoms with Gasteiger partial charge in [0.15, 0.2) is 5.79 Å². The summed E-state index contributed by atoms with van der Waals surface area (Å²) >= 11 is 0. The number of carbonyl (C=O) groups is 1. The predicted molar refractivity (Wildman–Crippen MR) is 122 cm³/mol. The number of esters is 1. The first-order valence-electron chi connectivity index (χ1n) is 10.9. The lowest BCUT2D eigenvalue weighted by Gasteiger charge is -2.33. The molecule has 1 heterocycles. The van der Waals surface area contributed by atoms with E-state index in [9.17, 15) is 4.79 Å². The van der Waals surface area contributed by atoms with Gasteiger partial charge in [0.1, 0.15) is 11.5 Å². The van der Waals surface area contributed by atoms with E-state index in [-0.39, 0.29) is 11.9 Å². The average Bonchev–Trinajstić information content (AvgIpc) is 2.82. The second kappa shape index (κ2) is 9.15. The van der Waals surface area contributed by atoms with Gasteiger partial charge in [0.25, 0.3) is 0 Å². The lowest BCUT2D eigenvalue weighted by atomic mass is 9.82. The van der Waals surface area contributed by atoms with Crippen LogP contribution in [0.4, 0.5) is 0 Å². The maximum absolute atomic E-state index is 11.9.